The van der Waals surface area contributed by atoms with Crippen molar-refractivity contribution in [3.8, 4) is 0 Å². The van der Waals surface area contributed by atoms with Crippen LogP contribution in [0.4, 0.5) is 4.39 Å². The average Bonchev–Trinajstić information content (AvgIpc) is 2.66. The van der Waals surface area contributed by atoms with Gasteiger partial charge in [0, 0.05) is 6.04 Å². The minimum absolute atomic E-state index is 0.0470. The second-order valence-corrected chi connectivity index (χ2v) is 7.73. The van der Waals surface area contributed by atoms with Crippen LogP contribution in [0, 0.1) is 5.82 Å². The summed E-state index contributed by atoms with van der Waals surface area (Å²) in [5.41, 5.74) is 0.271. The van der Waals surface area contributed by atoms with Gasteiger partial charge >= 0.3 is 5.97 Å². The van der Waals surface area contributed by atoms with Gasteiger partial charge in [-0.2, -0.15) is 4.31 Å². The van der Waals surface area contributed by atoms with Gasteiger partial charge in [0.25, 0.3) is 0 Å². The Morgan fingerprint density at radius 2 is 1.95 bits per heavy atom. The number of rotatable bonds is 3. The predicted molar refractivity (Wildman–Crippen MR) is 77.3 cm³/mol. The molecule has 22 heavy (non-hydrogen) atoms. The van der Waals surface area contributed by atoms with Crippen LogP contribution in [0.2, 0.25) is 0 Å². The van der Waals surface area contributed by atoms with Crippen molar-refractivity contribution in [3.05, 3.63) is 29.6 Å². The number of aliphatic carboxylic acids is 1. The Kier molecular flexibility index (Phi) is 3.94. The molecule has 1 aliphatic heterocycles. The number of halogens is 1. The van der Waals surface area contributed by atoms with Gasteiger partial charge in [0.05, 0.1) is 17.4 Å². The smallest absolute Gasteiger partial charge is 0.305 e. The van der Waals surface area contributed by atoms with E-state index in [-0.39, 0.29) is 22.9 Å². The number of hydrogen-bond acceptors (Lipinski definition) is 3. The van der Waals surface area contributed by atoms with E-state index in [0.717, 1.165) is 44.2 Å². The molecule has 7 heteroatoms. The third-order valence-corrected chi connectivity index (χ3v) is 6.53. The molecule has 5 nitrogen and oxygen atoms in total. The summed E-state index contributed by atoms with van der Waals surface area (Å²) in [5, 5.41) is 9.14. The molecule has 3 rings (SSSR count). The van der Waals surface area contributed by atoms with Crippen LogP contribution in [0.3, 0.4) is 0 Å². The summed E-state index contributed by atoms with van der Waals surface area (Å²) in [4.78, 5) is 11.2. The maximum Gasteiger partial charge on any atom is 0.305 e. The van der Waals surface area contributed by atoms with Gasteiger partial charge in [-0.05, 0) is 36.6 Å². The van der Waals surface area contributed by atoms with Gasteiger partial charge in [0.2, 0.25) is 10.0 Å². The summed E-state index contributed by atoms with van der Waals surface area (Å²) >= 11 is 0. The van der Waals surface area contributed by atoms with E-state index >= 15 is 0 Å². The highest BCUT2D eigenvalue weighted by molar-refractivity contribution is 7.89. The van der Waals surface area contributed by atoms with Crippen molar-refractivity contribution in [1.29, 1.82) is 0 Å². The molecule has 1 atom stereocenters. The predicted octanol–water partition coefficient (Wildman–Crippen LogP) is 2.68. The van der Waals surface area contributed by atoms with E-state index in [4.69, 9.17) is 5.11 Å². The normalized spacial score (nSPS) is 25.0. The van der Waals surface area contributed by atoms with Crippen LogP contribution in [0.25, 0.3) is 0 Å². The van der Waals surface area contributed by atoms with Gasteiger partial charge in [-0.25, -0.2) is 12.8 Å². The van der Waals surface area contributed by atoms with E-state index in [1.807, 2.05) is 0 Å². The number of hydrogen-bond donors (Lipinski definition) is 1. The molecule has 1 saturated carbocycles. The summed E-state index contributed by atoms with van der Waals surface area (Å²) in [7, 11) is -3.75. The summed E-state index contributed by atoms with van der Waals surface area (Å²) in [6, 6.07) is 2.51. The Morgan fingerprint density at radius 1 is 1.27 bits per heavy atom. The average molecular weight is 327 g/mol. The molecule has 0 saturated heterocycles. The van der Waals surface area contributed by atoms with Crippen LogP contribution in [-0.2, 0) is 14.8 Å². The topological polar surface area (TPSA) is 74.7 Å². The highest BCUT2D eigenvalue weighted by Gasteiger charge is 2.47. The first-order chi connectivity index (χ1) is 10.4. The first kappa shape index (κ1) is 15.4. The molecule has 0 bridgehead atoms. The zero-order valence-electron chi connectivity index (χ0n) is 12.0. The molecule has 1 aromatic rings. The van der Waals surface area contributed by atoms with E-state index < -0.39 is 27.9 Å². The maximum atomic E-state index is 13.5. The molecule has 2 aliphatic rings. The van der Waals surface area contributed by atoms with Crippen LogP contribution < -0.4 is 0 Å². The lowest BCUT2D eigenvalue weighted by molar-refractivity contribution is -0.138. The second-order valence-electron chi connectivity index (χ2n) is 5.92. The summed E-state index contributed by atoms with van der Waals surface area (Å²) in [5.74, 6) is -1.63. The molecule has 0 aromatic heterocycles. The minimum atomic E-state index is -3.75. The fourth-order valence-corrected chi connectivity index (χ4v) is 5.67. The zero-order valence-corrected chi connectivity index (χ0v) is 12.9. The molecule has 120 valence electrons. The first-order valence-corrected chi connectivity index (χ1v) is 8.90. The van der Waals surface area contributed by atoms with Gasteiger partial charge in [0.1, 0.15) is 5.82 Å². The SMILES string of the molecule is O=C(O)C[C@H]1c2cc(F)ccc2S(=O)(=O)N1C1CCCCC1. The third-order valence-electron chi connectivity index (χ3n) is 4.50. The highest BCUT2D eigenvalue weighted by atomic mass is 32.2. The third kappa shape index (κ3) is 2.52. The van der Waals surface area contributed by atoms with E-state index in [9.17, 15) is 17.6 Å². The lowest BCUT2D eigenvalue weighted by atomic mass is 9.93. The number of benzene rings is 1. The number of carboxylic acid groups (broad SMARTS) is 1. The molecular formula is C15H18FNO4S. The monoisotopic (exact) mass is 327 g/mol. The Balaban J connectivity index is 2.09. The van der Waals surface area contributed by atoms with Crippen molar-refractivity contribution < 1.29 is 22.7 Å². The van der Waals surface area contributed by atoms with Gasteiger partial charge < -0.3 is 5.11 Å². The summed E-state index contributed by atoms with van der Waals surface area (Å²) in [6.45, 7) is 0. The van der Waals surface area contributed by atoms with Crippen LogP contribution in [0.5, 0.6) is 0 Å². The van der Waals surface area contributed by atoms with Crippen LogP contribution in [-0.4, -0.2) is 29.8 Å². The highest BCUT2D eigenvalue weighted by Crippen LogP contribution is 2.45. The van der Waals surface area contributed by atoms with Crippen molar-refractivity contribution in [1.82, 2.24) is 4.31 Å². The van der Waals surface area contributed by atoms with Crippen LogP contribution >= 0.6 is 0 Å². The van der Waals surface area contributed by atoms with Crippen LogP contribution in [0.1, 0.15) is 50.1 Å². The second kappa shape index (κ2) is 5.62. The zero-order chi connectivity index (χ0) is 15.9. The Morgan fingerprint density at radius 3 is 2.59 bits per heavy atom. The molecule has 1 fully saturated rings. The molecule has 1 aliphatic carbocycles. The van der Waals surface area contributed by atoms with Crippen molar-refractivity contribution in [2.45, 2.75) is 55.5 Å². The first-order valence-electron chi connectivity index (χ1n) is 7.46. The lowest BCUT2D eigenvalue weighted by Crippen LogP contribution is -2.40. The quantitative estimate of drug-likeness (QED) is 0.926. The van der Waals surface area contributed by atoms with Crippen molar-refractivity contribution in [2.75, 3.05) is 0 Å². The van der Waals surface area contributed by atoms with Crippen molar-refractivity contribution in [2.24, 2.45) is 0 Å². The van der Waals surface area contributed by atoms with Gasteiger partial charge in [-0.15, -0.1) is 0 Å². The Hall–Kier alpha value is -1.47. The molecule has 1 heterocycles. The number of nitrogens with zero attached hydrogens (tertiary/aromatic N) is 1. The lowest BCUT2D eigenvalue weighted by Gasteiger charge is -2.33. The van der Waals surface area contributed by atoms with E-state index in [1.54, 1.807) is 0 Å². The van der Waals surface area contributed by atoms with Gasteiger partial charge in [0.15, 0.2) is 0 Å². The summed E-state index contributed by atoms with van der Waals surface area (Å²) in [6.07, 6.45) is 4.04. The van der Waals surface area contributed by atoms with Crippen molar-refractivity contribution in [3.63, 3.8) is 0 Å². The van der Waals surface area contributed by atoms with Gasteiger partial charge in [-0.3, -0.25) is 4.79 Å². The van der Waals surface area contributed by atoms with E-state index in [0.29, 0.717) is 0 Å². The van der Waals surface area contributed by atoms with E-state index in [1.165, 1.54) is 10.4 Å². The standard InChI is InChI=1S/C15H18FNO4S/c16-10-6-7-14-12(8-10)13(9-15(18)19)17(22(14,20)21)11-4-2-1-3-5-11/h6-8,11,13H,1-5,9H2,(H,18,19)/t13-/m0/s1. The fraction of sp³-hybridized carbons (Fsp3) is 0.533. The molecule has 1 aromatic carbocycles. The van der Waals surface area contributed by atoms with Crippen LogP contribution in [0.15, 0.2) is 23.1 Å². The Labute approximate surface area is 128 Å². The Bertz CT molecular complexity index is 697. The molecule has 0 radical (unpaired) electrons. The molecular weight excluding hydrogens is 309 g/mol. The van der Waals surface area contributed by atoms with Gasteiger partial charge in [-0.1, -0.05) is 19.3 Å². The maximum absolute atomic E-state index is 13.5. The fourth-order valence-electron chi connectivity index (χ4n) is 3.58. The largest absolute Gasteiger partial charge is 0.481 e. The number of carbonyl (C=O) groups is 1. The van der Waals surface area contributed by atoms with Crippen molar-refractivity contribution >= 4 is 16.0 Å². The molecule has 0 amide bonds. The summed E-state index contributed by atoms with van der Waals surface area (Å²) < 4.78 is 40.5. The molecule has 0 unspecified atom stereocenters. The number of fused-ring (bicyclic) bond motifs is 1. The number of sulfonamides is 1. The molecule has 0 spiro atoms. The van der Waals surface area contributed by atoms with E-state index in [2.05, 4.69) is 0 Å². The molecule has 1 N–H and O–H groups in total. The number of carboxylic acids is 1. The minimum Gasteiger partial charge on any atom is -0.481 e.